The molecule has 1 fully saturated rings. The standard InChI is InChI=1S/C33H41N3O3/c1-33(2,3)36-21-13-20-28(36)31(38)34-32(39)30(37)29(22-25-14-7-4-8-15-25)35(23-26-16-9-5-10-17-26)24-27-18-11-6-12-19-27/h4-12,14-19,28-30,37H,13,20-24H2,1-3H3,(H,34,38,39)/t28-,29-,30?/m0/s1. The number of hydrogen-bond acceptors (Lipinski definition) is 5. The fourth-order valence-electron chi connectivity index (χ4n) is 5.52. The van der Waals surface area contributed by atoms with Crippen LogP contribution in [0.1, 0.15) is 50.3 Å². The van der Waals surface area contributed by atoms with Gasteiger partial charge in [0, 0.05) is 24.7 Å². The molecule has 0 aromatic heterocycles. The molecule has 206 valence electrons. The third-order valence-electron chi connectivity index (χ3n) is 7.51. The summed E-state index contributed by atoms with van der Waals surface area (Å²) >= 11 is 0. The number of carbonyl (C=O) groups is 2. The summed E-state index contributed by atoms with van der Waals surface area (Å²) in [7, 11) is 0. The smallest absolute Gasteiger partial charge is 0.257 e. The van der Waals surface area contributed by atoms with Gasteiger partial charge in [0.15, 0.2) is 0 Å². The van der Waals surface area contributed by atoms with Crippen molar-refractivity contribution in [3.05, 3.63) is 108 Å². The number of aliphatic hydroxyl groups is 1. The van der Waals surface area contributed by atoms with Gasteiger partial charge in [-0.2, -0.15) is 0 Å². The zero-order valence-corrected chi connectivity index (χ0v) is 23.3. The van der Waals surface area contributed by atoms with Crippen LogP contribution in [0.4, 0.5) is 0 Å². The predicted molar refractivity (Wildman–Crippen MR) is 155 cm³/mol. The van der Waals surface area contributed by atoms with Crippen LogP contribution in [0.5, 0.6) is 0 Å². The van der Waals surface area contributed by atoms with Crippen molar-refractivity contribution in [2.75, 3.05) is 6.54 Å². The van der Waals surface area contributed by atoms with Crippen LogP contribution in [0.15, 0.2) is 91.0 Å². The van der Waals surface area contributed by atoms with Gasteiger partial charge in [-0.1, -0.05) is 91.0 Å². The maximum Gasteiger partial charge on any atom is 0.257 e. The van der Waals surface area contributed by atoms with Crippen LogP contribution >= 0.6 is 0 Å². The highest BCUT2D eigenvalue weighted by Crippen LogP contribution is 2.27. The molecule has 3 aromatic rings. The highest BCUT2D eigenvalue weighted by Gasteiger charge is 2.39. The van der Waals surface area contributed by atoms with Crippen LogP contribution in [0.25, 0.3) is 0 Å². The second-order valence-corrected chi connectivity index (χ2v) is 11.5. The number of imide groups is 1. The first-order valence-corrected chi connectivity index (χ1v) is 13.9. The van der Waals surface area contributed by atoms with Crippen molar-refractivity contribution in [2.24, 2.45) is 0 Å². The summed E-state index contributed by atoms with van der Waals surface area (Å²) in [6, 6.07) is 29.1. The topological polar surface area (TPSA) is 72.9 Å². The Kier molecular flexibility index (Phi) is 9.68. The molecular weight excluding hydrogens is 486 g/mol. The first-order chi connectivity index (χ1) is 18.7. The second-order valence-electron chi connectivity index (χ2n) is 11.5. The van der Waals surface area contributed by atoms with Crippen molar-refractivity contribution in [3.8, 4) is 0 Å². The Morgan fingerprint density at radius 2 is 1.36 bits per heavy atom. The number of rotatable bonds is 10. The molecular formula is C33H41N3O3. The molecule has 0 radical (unpaired) electrons. The number of benzene rings is 3. The molecule has 4 rings (SSSR count). The van der Waals surface area contributed by atoms with Gasteiger partial charge in [-0.05, 0) is 63.3 Å². The first kappa shape index (κ1) is 28.7. The van der Waals surface area contributed by atoms with Crippen molar-refractivity contribution in [1.29, 1.82) is 0 Å². The highest BCUT2D eigenvalue weighted by molar-refractivity contribution is 6.00. The van der Waals surface area contributed by atoms with Crippen molar-refractivity contribution in [1.82, 2.24) is 15.1 Å². The van der Waals surface area contributed by atoms with Gasteiger partial charge >= 0.3 is 0 Å². The van der Waals surface area contributed by atoms with E-state index in [-0.39, 0.29) is 17.5 Å². The minimum absolute atomic E-state index is 0.182. The summed E-state index contributed by atoms with van der Waals surface area (Å²) in [5.41, 5.74) is 3.00. The lowest BCUT2D eigenvalue weighted by Crippen LogP contribution is -2.56. The number of hydrogen-bond donors (Lipinski definition) is 2. The summed E-state index contributed by atoms with van der Waals surface area (Å²) in [5, 5.41) is 14.1. The number of amides is 2. The molecule has 39 heavy (non-hydrogen) atoms. The van der Waals surface area contributed by atoms with Gasteiger partial charge in [-0.15, -0.1) is 0 Å². The maximum atomic E-state index is 13.5. The lowest BCUT2D eigenvalue weighted by molar-refractivity contribution is -0.141. The summed E-state index contributed by atoms with van der Waals surface area (Å²) in [4.78, 5) is 31.0. The normalized spacial score (nSPS) is 17.6. The minimum Gasteiger partial charge on any atom is -0.382 e. The Balaban J connectivity index is 1.60. The Bertz CT molecular complexity index is 1150. The van der Waals surface area contributed by atoms with E-state index in [0.717, 1.165) is 29.7 Å². The first-order valence-electron chi connectivity index (χ1n) is 13.9. The number of nitrogens with zero attached hydrogens (tertiary/aromatic N) is 2. The van der Waals surface area contributed by atoms with E-state index in [0.29, 0.717) is 25.9 Å². The van der Waals surface area contributed by atoms with Crippen molar-refractivity contribution in [3.63, 3.8) is 0 Å². The third-order valence-corrected chi connectivity index (χ3v) is 7.51. The van der Waals surface area contributed by atoms with Crippen LogP contribution in [0.3, 0.4) is 0 Å². The van der Waals surface area contributed by atoms with E-state index < -0.39 is 18.1 Å². The number of carbonyl (C=O) groups excluding carboxylic acids is 2. The molecule has 1 unspecified atom stereocenters. The van der Waals surface area contributed by atoms with Gasteiger partial charge in [-0.3, -0.25) is 24.7 Å². The second kappa shape index (κ2) is 13.2. The van der Waals surface area contributed by atoms with E-state index in [2.05, 4.69) is 60.2 Å². The van der Waals surface area contributed by atoms with E-state index in [9.17, 15) is 14.7 Å². The molecule has 0 saturated carbocycles. The van der Waals surface area contributed by atoms with Crippen LogP contribution in [0.2, 0.25) is 0 Å². The van der Waals surface area contributed by atoms with Gasteiger partial charge in [0.1, 0.15) is 6.10 Å². The van der Waals surface area contributed by atoms with Gasteiger partial charge < -0.3 is 5.11 Å². The van der Waals surface area contributed by atoms with Crippen LogP contribution in [0, 0.1) is 0 Å². The van der Waals surface area contributed by atoms with E-state index in [4.69, 9.17) is 0 Å². The van der Waals surface area contributed by atoms with Gasteiger partial charge in [0.05, 0.1) is 6.04 Å². The Morgan fingerprint density at radius 1 is 0.872 bits per heavy atom. The van der Waals surface area contributed by atoms with E-state index >= 15 is 0 Å². The lowest BCUT2D eigenvalue weighted by Gasteiger charge is -2.37. The van der Waals surface area contributed by atoms with Crippen LogP contribution in [-0.4, -0.2) is 57.0 Å². The third kappa shape index (κ3) is 7.85. The zero-order chi connectivity index (χ0) is 27.8. The average Bonchev–Trinajstić information content (AvgIpc) is 3.44. The summed E-state index contributed by atoms with van der Waals surface area (Å²) in [6.07, 6.45) is 0.672. The SMILES string of the molecule is CC(C)(C)N1CCC[C@H]1C(=O)NC(=O)C(O)[C@H](Cc1ccccc1)N(Cc1ccccc1)Cc1ccccc1. The molecule has 1 heterocycles. The minimum atomic E-state index is -1.40. The molecule has 6 nitrogen and oxygen atoms in total. The summed E-state index contributed by atoms with van der Waals surface area (Å²) in [6.45, 7) is 8.15. The molecule has 2 N–H and O–H groups in total. The fourth-order valence-corrected chi connectivity index (χ4v) is 5.52. The molecule has 1 aliphatic rings. The predicted octanol–water partition coefficient (Wildman–Crippen LogP) is 4.57. The molecule has 6 heteroatoms. The monoisotopic (exact) mass is 527 g/mol. The highest BCUT2D eigenvalue weighted by atomic mass is 16.3. The Labute approximate surface area is 232 Å². The van der Waals surface area contributed by atoms with Gasteiger partial charge in [-0.25, -0.2) is 0 Å². The Hall–Kier alpha value is -3.32. The zero-order valence-electron chi connectivity index (χ0n) is 23.3. The summed E-state index contributed by atoms with van der Waals surface area (Å²) in [5.74, 6) is -0.976. The van der Waals surface area contributed by atoms with Crippen molar-refractivity contribution in [2.45, 2.75) is 76.8 Å². The van der Waals surface area contributed by atoms with E-state index in [1.165, 1.54) is 0 Å². The maximum absolute atomic E-state index is 13.5. The molecule has 0 spiro atoms. The number of aliphatic hydroxyl groups excluding tert-OH is 1. The van der Waals surface area contributed by atoms with Gasteiger partial charge in [0.25, 0.3) is 5.91 Å². The molecule has 0 bridgehead atoms. The molecule has 2 amide bonds. The molecule has 3 aromatic carbocycles. The van der Waals surface area contributed by atoms with Crippen molar-refractivity contribution < 1.29 is 14.7 Å². The van der Waals surface area contributed by atoms with E-state index in [1.54, 1.807) is 0 Å². The van der Waals surface area contributed by atoms with Crippen LogP contribution in [-0.2, 0) is 29.1 Å². The van der Waals surface area contributed by atoms with E-state index in [1.807, 2.05) is 66.7 Å². The number of likely N-dealkylation sites (tertiary alicyclic amines) is 1. The summed E-state index contributed by atoms with van der Waals surface area (Å²) < 4.78 is 0. The Morgan fingerprint density at radius 3 is 1.85 bits per heavy atom. The van der Waals surface area contributed by atoms with Crippen molar-refractivity contribution >= 4 is 11.8 Å². The molecule has 3 atom stereocenters. The van der Waals surface area contributed by atoms with Gasteiger partial charge in [0.2, 0.25) is 5.91 Å². The van der Waals surface area contributed by atoms with Crippen LogP contribution < -0.4 is 5.32 Å². The molecule has 1 aliphatic heterocycles. The fraction of sp³-hybridized carbons (Fsp3) is 0.394. The average molecular weight is 528 g/mol. The largest absolute Gasteiger partial charge is 0.382 e. The number of nitrogens with one attached hydrogen (secondary N) is 1. The lowest BCUT2D eigenvalue weighted by atomic mass is 9.97. The molecule has 1 saturated heterocycles. The molecule has 0 aliphatic carbocycles. The quantitative estimate of drug-likeness (QED) is 0.404.